The average molecular weight is 350 g/mol. The normalized spacial score (nSPS) is 16.2. The van der Waals surface area contributed by atoms with E-state index in [4.69, 9.17) is 9.15 Å². The van der Waals surface area contributed by atoms with E-state index >= 15 is 0 Å². The number of carbonyl (C=O) groups is 2. The molecule has 6 heteroatoms. The summed E-state index contributed by atoms with van der Waals surface area (Å²) in [6, 6.07) is 9.64. The molecule has 0 saturated carbocycles. The fourth-order valence-corrected chi connectivity index (χ4v) is 3.33. The summed E-state index contributed by atoms with van der Waals surface area (Å²) >= 11 is 0. The first-order chi connectivity index (χ1) is 12.5. The highest BCUT2D eigenvalue weighted by atomic mass is 16.5. The Balaban J connectivity index is 1.98. The van der Waals surface area contributed by atoms with E-state index in [1.165, 1.54) is 25.3 Å². The smallest absolute Gasteiger partial charge is 0.312 e. The van der Waals surface area contributed by atoms with Crippen LogP contribution in [0.2, 0.25) is 0 Å². The zero-order valence-corrected chi connectivity index (χ0v) is 13.8. The third-order valence-electron chi connectivity index (χ3n) is 4.58. The highest BCUT2D eigenvalue weighted by Crippen LogP contribution is 2.44. The number of benzene rings is 2. The minimum absolute atomic E-state index is 0.108. The molecule has 2 heterocycles. The molecule has 1 atom stereocenters. The second-order valence-electron chi connectivity index (χ2n) is 6.18. The Labute approximate surface area is 147 Å². The van der Waals surface area contributed by atoms with Gasteiger partial charge in [0.2, 0.25) is 0 Å². The molecule has 1 aliphatic heterocycles. The number of carbonyl (C=O) groups excluding carboxylic acids is 2. The number of Topliss-reactive ketones (excluding diaryl/α,β-unsaturated/α-hetero) is 1. The summed E-state index contributed by atoms with van der Waals surface area (Å²) in [4.78, 5) is 36.7. The van der Waals surface area contributed by atoms with Crippen molar-refractivity contribution in [2.75, 3.05) is 0 Å². The van der Waals surface area contributed by atoms with Gasteiger partial charge in [0.25, 0.3) is 0 Å². The van der Waals surface area contributed by atoms with Crippen LogP contribution < -0.4 is 10.2 Å². The van der Waals surface area contributed by atoms with Crippen LogP contribution in [0.4, 0.5) is 0 Å². The first-order valence-corrected chi connectivity index (χ1v) is 8.05. The average Bonchev–Trinajstić information content (AvgIpc) is 2.61. The van der Waals surface area contributed by atoms with Gasteiger partial charge in [-0.2, -0.15) is 0 Å². The van der Waals surface area contributed by atoms with Gasteiger partial charge in [-0.05, 0) is 31.2 Å². The number of phenolic OH excluding ortho intramolecular Hbond substituents is 1. The van der Waals surface area contributed by atoms with E-state index in [0.29, 0.717) is 11.0 Å². The molecule has 0 saturated heterocycles. The van der Waals surface area contributed by atoms with Gasteiger partial charge in [-0.25, -0.2) is 0 Å². The zero-order valence-electron chi connectivity index (χ0n) is 13.8. The fraction of sp³-hybridized carbons (Fsp3) is 0.150. The van der Waals surface area contributed by atoms with Crippen molar-refractivity contribution in [2.45, 2.75) is 19.3 Å². The molecule has 26 heavy (non-hydrogen) atoms. The maximum absolute atomic E-state index is 12.9. The van der Waals surface area contributed by atoms with Crippen molar-refractivity contribution in [3.05, 3.63) is 69.6 Å². The van der Waals surface area contributed by atoms with Gasteiger partial charge in [-0.3, -0.25) is 14.4 Å². The first-order valence-electron chi connectivity index (χ1n) is 8.05. The summed E-state index contributed by atoms with van der Waals surface area (Å²) in [7, 11) is 0. The molecule has 0 unspecified atom stereocenters. The standard InChI is InChI=1S/C20H14O6/c1-10(21)11-6-7-16-18(20(11)24)13(8-17(22)26-16)14-9-25-15-5-3-2-4-12(15)19(14)23/h2-7,9,13,24H,8H2,1H3/t13-/m0/s1. The second-order valence-corrected chi connectivity index (χ2v) is 6.18. The molecule has 0 aliphatic carbocycles. The quantitative estimate of drug-likeness (QED) is 0.433. The maximum Gasteiger partial charge on any atom is 0.312 e. The largest absolute Gasteiger partial charge is 0.507 e. The van der Waals surface area contributed by atoms with Crippen molar-refractivity contribution in [2.24, 2.45) is 0 Å². The Bertz CT molecular complexity index is 1120. The minimum atomic E-state index is -0.758. The predicted molar refractivity (Wildman–Crippen MR) is 92.7 cm³/mol. The van der Waals surface area contributed by atoms with Crippen molar-refractivity contribution >= 4 is 22.7 Å². The first kappa shape index (κ1) is 16.1. The lowest BCUT2D eigenvalue weighted by Crippen LogP contribution is -2.25. The van der Waals surface area contributed by atoms with Crippen LogP contribution in [0, 0.1) is 0 Å². The number of aromatic hydroxyl groups is 1. The summed E-state index contributed by atoms with van der Waals surface area (Å²) in [5.74, 6) is -1.75. The van der Waals surface area contributed by atoms with Crippen LogP contribution in [-0.2, 0) is 4.79 Å². The number of esters is 1. The molecule has 1 N–H and O–H groups in total. The molecule has 0 amide bonds. The molecule has 2 aromatic carbocycles. The Morgan fingerprint density at radius 2 is 1.92 bits per heavy atom. The molecule has 1 aromatic heterocycles. The number of para-hydroxylation sites is 1. The predicted octanol–water partition coefficient (Wildman–Crippen LogP) is 3.14. The van der Waals surface area contributed by atoms with E-state index < -0.39 is 11.9 Å². The van der Waals surface area contributed by atoms with Crippen LogP contribution in [0.5, 0.6) is 11.5 Å². The van der Waals surface area contributed by atoms with Crippen molar-refractivity contribution in [1.82, 2.24) is 0 Å². The lowest BCUT2D eigenvalue weighted by Gasteiger charge is -2.25. The Morgan fingerprint density at radius 1 is 1.15 bits per heavy atom. The molecule has 6 nitrogen and oxygen atoms in total. The van der Waals surface area contributed by atoms with Gasteiger partial charge in [0, 0.05) is 17.0 Å². The number of rotatable bonds is 2. The number of hydrogen-bond donors (Lipinski definition) is 1. The van der Waals surface area contributed by atoms with E-state index in [0.717, 1.165) is 0 Å². The van der Waals surface area contributed by atoms with E-state index in [1.54, 1.807) is 24.3 Å². The third kappa shape index (κ3) is 2.38. The number of ketones is 1. The van der Waals surface area contributed by atoms with Crippen molar-refractivity contribution in [3.63, 3.8) is 0 Å². The van der Waals surface area contributed by atoms with Gasteiger partial charge in [-0.1, -0.05) is 12.1 Å². The molecular formula is C20H14O6. The second kappa shape index (κ2) is 5.84. The third-order valence-corrected chi connectivity index (χ3v) is 4.58. The van der Waals surface area contributed by atoms with Crippen molar-refractivity contribution < 1.29 is 23.8 Å². The highest BCUT2D eigenvalue weighted by molar-refractivity contribution is 5.98. The lowest BCUT2D eigenvalue weighted by atomic mass is 9.84. The summed E-state index contributed by atoms with van der Waals surface area (Å²) in [5.41, 5.74) is 0.737. The summed E-state index contributed by atoms with van der Waals surface area (Å²) in [5, 5.41) is 11.0. The van der Waals surface area contributed by atoms with Crippen LogP contribution in [0.1, 0.15) is 40.7 Å². The fourth-order valence-electron chi connectivity index (χ4n) is 3.33. The van der Waals surface area contributed by atoms with Gasteiger partial charge in [-0.15, -0.1) is 0 Å². The monoisotopic (exact) mass is 350 g/mol. The Hall–Kier alpha value is -3.41. The van der Waals surface area contributed by atoms with Gasteiger partial charge in [0.15, 0.2) is 11.2 Å². The molecule has 3 aromatic rings. The molecule has 0 radical (unpaired) electrons. The van der Waals surface area contributed by atoms with Crippen LogP contribution in [-0.4, -0.2) is 16.9 Å². The maximum atomic E-state index is 12.9. The molecule has 130 valence electrons. The number of hydrogen-bond acceptors (Lipinski definition) is 6. The molecule has 0 spiro atoms. The molecule has 1 aliphatic rings. The summed E-state index contributed by atoms with van der Waals surface area (Å²) < 4.78 is 10.7. The number of fused-ring (bicyclic) bond motifs is 2. The van der Waals surface area contributed by atoms with Crippen molar-refractivity contribution in [1.29, 1.82) is 0 Å². The van der Waals surface area contributed by atoms with Crippen molar-refractivity contribution in [3.8, 4) is 11.5 Å². The highest BCUT2D eigenvalue weighted by Gasteiger charge is 2.34. The summed E-state index contributed by atoms with van der Waals surface area (Å²) in [6.45, 7) is 1.33. The minimum Gasteiger partial charge on any atom is -0.507 e. The lowest BCUT2D eigenvalue weighted by molar-refractivity contribution is -0.135. The van der Waals surface area contributed by atoms with Gasteiger partial charge in [0.05, 0.1) is 23.6 Å². The van der Waals surface area contributed by atoms with Gasteiger partial charge >= 0.3 is 5.97 Å². The van der Waals surface area contributed by atoms with Gasteiger partial charge < -0.3 is 14.3 Å². The zero-order chi connectivity index (χ0) is 18.4. The Kier molecular flexibility index (Phi) is 3.61. The molecule has 0 bridgehead atoms. The van der Waals surface area contributed by atoms with Crippen LogP contribution in [0.3, 0.4) is 0 Å². The number of ether oxygens (including phenoxy) is 1. The van der Waals surface area contributed by atoms with E-state index in [1.807, 2.05) is 0 Å². The van der Waals surface area contributed by atoms with Crippen LogP contribution in [0.25, 0.3) is 11.0 Å². The summed E-state index contributed by atoms with van der Waals surface area (Å²) in [6.07, 6.45) is 1.17. The molecule has 4 rings (SSSR count). The number of phenols is 1. The van der Waals surface area contributed by atoms with Gasteiger partial charge in [0.1, 0.15) is 17.1 Å². The SMILES string of the molecule is CC(=O)c1ccc2c(c1O)[C@H](c1coc3ccccc3c1=O)CC(=O)O2. The van der Waals surface area contributed by atoms with Crippen LogP contribution in [0.15, 0.2) is 51.9 Å². The van der Waals surface area contributed by atoms with Crippen LogP contribution >= 0.6 is 0 Å². The molecular weight excluding hydrogens is 336 g/mol. The topological polar surface area (TPSA) is 93.8 Å². The Morgan fingerprint density at radius 3 is 2.69 bits per heavy atom. The van der Waals surface area contributed by atoms with E-state index in [-0.39, 0.29) is 45.8 Å². The van der Waals surface area contributed by atoms with E-state index in [9.17, 15) is 19.5 Å². The molecule has 0 fully saturated rings. The van der Waals surface area contributed by atoms with E-state index in [2.05, 4.69) is 0 Å².